The van der Waals surface area contributed by atoms with Crippen molar-refractivity contribution in [1.29, 1.82) is 0 Å². The van der Waals surface area contributed by atoms with Crippen LogP contribution in [-0.2, 0) is 9.59 Å². The molecule has 0 bridgehead atoms. The van der Waals surface area contributed by atoms with Gasteiger partial charge >= 0.3 is 0 Å². The number of nitrogens with one attached hydrogen (secondary N) is 1. The zero-order valence-corrected chi connectivity index (χ0v) is 18.2. The third-order valence-electron chi connectivity index (χ3n) is 5.28. The minimum absolute atomic E-state index is 0.183. The summed E-state index contributed by atoms with van der Waals surface area (Å²) in [6.45, 7) is 3.77. The number of aryl methyl sites for hydroxylation is 2. The molecule has 0 radical (unpaired) electrons. The monoisotopic (exact) mass is 432 g/mol. The molecule has 0 unspecified atom stereocenters. The Morgan fingerprint density at radius 3 is 2.32 bits per heavy atom. The first-order chi connectivity index (χ1) is 14.9. The lowest BCUT2D eigenvalue weighted by Crippen LogP contribution is -2.33. The van der Waals surface area contributed by atoms with Crippen LogP contribution in [-0.4, -0.2) is 18.9 Å². The van der Waals surface area contributed by atoms with Gasteiger partial charge in [-0.2, -0.15) is 0 Å². The standard InChI is InChI=1S/C25H21ClN2O3/c1-15-12-13-17(26)14-19(15)27-23-22(18-9-5-7-11-21(18)31-3)24(29)28(25(23)30)20-10-6-4-8-16(20)2/h4-14,27H,1-3H3. The van der Waals surface area contributed by atoms with Gasteiger partial charge in [-0.05, 0) is 49.2 Å². The number of methoxy groups -OCH3 is 1. The van der Waals surface area contributed by atoms with E-state index in [2.05, 4.69) is 5.32 Å². The molecule has 1 heterocycles. The fourth-order valence-corrected chi connectivity index (χ4v) is 3.82. The molecular formula is C25H21ClN2O3. The summed E-state index contributed by atoms with van der Waals surface area (Å²) in [4.78, 5) is 28.4. The van der Waals surface area contributed by atoms with Crippen molar-refractivity contribution in [2.45, 2.75) is 13.8 Å². The highest BCUT2D eigenvalue weighted by atomic mass is 35.5. The Kier molecular flexibility index (Phi) is 5.53. The van der Waals surface area contributed by atoms with E-state index in [1.54, 1.807) is 42.5 Å². The first-order valence-electron chi connectivity index (χ1n) is 9.77. The number of hydrogen-bond donors (Lipinski definition) is 1. The average Bonchev–Trinajstić information content (AvgIpc) is 3.00. The van der Waals surface area contributed by atoms with E-state index in [1.807, 2.05) is 38.1 Å². The zero-order valence-electron chi connectivity index (χ0n) is 17.4. The summed E-state index contributed by atoms with van der Waals surface area (Å²) in [5, 5.41) is 3.70. The molecule has 3 aromatic carbocycles. The minimum atomic E-state index is -0.431. The number of ether oxygens (including phenoxy) is 1. The van der Waals surface area contributed by atoms with Gasteiger partial charge in [-0.25, -0.2) is 4.90 Å². The summed E-state index contributed by atoms with van der Waals surface area (Å²) in [6.07, 6.45) is 0. The second-order valence-electron chi connectivity index (χ2n) is 7.27. The van der Waals surface area contributed by atoms with Crippen molar-refractivity contribution in [3.05, 3.63) is 94.1 Å². The number of nitrogens with zero attached hydrogens (tertiary/aromatic N) is 1. The smallest absolute Gasteiger partial charge is 0.282 e. The second-order valence-corrected chi connectivity index (χ2v) is 7.70. The molecule has 6 heteroatoms. The van der Waals surface area contributed by atoms with Gasteiger partial charge in [-0.1, -0.05) is 54.1 Å². The highest BCUT2D eigenvalue weighted by molar-refractivity contribution is 6.46. The third-order valence-corrected chi connectivity index (χ3v) is 5.51. The minimum Gasteiger partial charge on any atom is -0.496 e. The van der Waals surface area contributed by atoms with Crippen LogP contribution in [0.2, 0.25) is 5.02 Å². The van der Waals surface area contributed by atoms with E-state index >= 15 is 0 Å². The molecule has 0 atom stereocenters. The van der Waals surface area contributed by atoms with Crippen LogP contribution in [0.4, 0.5) is 11.4 Å². The van der Waals surface area contributed by atoms with E-state index in [4.69, 9.17) is 16.3 Å². The summed E-state index contributed by atoms with van der Waals surface area (Å²) in [5.41, 5.74) is 3.90. The Morgan fingerprint density at radius 2 is 1.58 bits per heavy atom. The van der Waals surface area contributed by atoms with Crippen LogP contribution in [0, 0.1) is 13.8 Å². The number of benzene rings is 3. The molecule has 0 aromatic heterocycles. The SMILES string of the molecule is COc1ccccc1C1=C(Nc2cc(Cl)ccc2C)C(=O)N(c2ccccc2C)C1=O. The van der Waals surface area contributed by atoms with Gasteiger partial charge in [0.15, 0.2) is 0 Å². The summed E-state index contributed by atoms with van der Waals surface area (Å²) in [5.74, 6) is -0.335. The van der Waals surface area contributed by atoms with Crippen LogP contribution in [0.25, 0.3) is 5.57 Å². The molecule has 1 N–H and O–H groups in total. The molecule has 31 heavy (non-hydrogen) atoms. The predicted octanol–water partition coefficient (Wildman–Crippen LogP) is 5.36. The summed E-state index contributed by atoms with van der Waals surface area (Å²) in [7, 11) is 1.54. The molecular weight excluding hydrogens is 412 g/mol. The van der Waals surface area contributed by atoms with Crippen LogP contribution < -0.4 is 15.0 Å². The fraction of sp³-hybridized carbons (Fsp3) is 0.120. The number of halogens is 1. The van der Waals surface area contributed by atoms with E-state index in [1.165, 1.54) is 12.0 Å². The molecule has 0 fully saturated rings. The largest absolute Gasteiger partial charge is 0.496 e. The first kappa shape index (κ1) is 20.7. The van der Waals surface area contributed by atoms with Crippen molar-refractivity contribution in [2.75, 3.05) is 17.3 Å². The van der Waals surface area contributed by atoms with Crippen LogP contribution in [0.5, 0.6) is 5.75 Å². The molecule has 1 aliphatic rings. The van der Waals surface area contributed by atoms with Gasteiger partial charge in [-0.3, -0.25) is 9.59 Å². The molecule has 0 aliphatic carbocycles. The third kappa shape index (κ3) is 3.68. The number of imide groups is 1. The highest BCUT2D eigenvalue weighted by Crippen LogP contribution is 2.38. The number of amides is 2. The quantitative estimate of drug-likeness (QED) is 0.551. The van der Waals surface area contributed by atoms with Crippen molar-refractivity contribution in [3.63, 3.8) is 0 Å². The lowest BCUT2D eigenvalue weighted by atomic mass is 10.0. The lowest BCUT2D eigenvalue weighted by Gasteiger charge is -2.18. The van der Waals surface area contributed by atoms with Gasteiger partial charge in [0, 0.05) is 16.3 Å². The van der Waals surface area contributed by atoms with Gasteiger partial charge in [0.25, 0.3) is 11.8 Å². The average molecular weight is 433 g/mol. The maximum atomic E-state index is 13.6. The summed E-state index contributed by atoms with van der Waals surface area (Å²) >= 11 is 6.18. The number of anilines is 2. The van der Waals surface area contributed by atoms with Gasteiger partial charge in [0.1, 0.15) is 11.4 Å². The molecule has 156 valence electrons. The Balaban J connectivity index is 1.91. The molecule has 0 spiro atoms. The number of para-hydroxylation sites is 2. The number of rotatable bonds is 5. The van der Waals surface area contributed by atoms with E-state index in [0.717, 1.165) is 11.1 Å². The zero-order chi connectivity index (χ0) is 22.1. The van der Waals surface area contributed by atoms with Crippen LogP contribution in [0.3, 0.4) is 0 Å². The number of hydrogen-bond acceptors (Lipinski definition) is 4. The lowest BCUT2D eigenvalue weighted by molar-refractivity contribution is -0.120. The van der Waals surface area contributed by atoms with Gasteiger partial charge in [-0.15, -0.1) is 0 Å². The maximum Gasteiger partial charge on any atom is 0.282 e. The Labute approximate surface area is 185 Å². The normalized spacial score (nSPS) is 13.7. The predicted molar refractivity (Wildman–Crippen MR) is 123 cm³/mol. The van der Waals surface area contributed by atoms with Crippen molar-refractivity contribution in [3.8, 4) is 5.75 Å². The van der Waals surface area contributed by atoms with Crippen molar-refractivity contribution in [1.82, 2.24) is 0 Å². The molecule has 4 rings (SSSR count). The summed E-state index contributed by atoms with van der Waals surface area (Å²) in [6, 6.07) is 19.8. The second kappa shape index (κ2) is 8.28. The number of carbonyl (C=O) groups is 2. The fourth-order valence-electron chi connectivity index (χ4n) is 3.64. The number of carbonyl (C=O) groups excluding carboxylic acids is 2. The van der Waals surface area contributed by atoms with Crippen LogP contribution in [0.15, 0.2) is 72.4 Å². The van der Waals surface area contributed by atoms with Gasteiger partial charge < -0.3 is 10.1 Å². The van der Waals surface area contributed by atoms with Crippen molar-refractivity contribution >= 4 is 40.4 Å². The van der Waals surface area contributed by atoms with Crippen molar-refractivity contribution < 1.29 is 14.3 Å². The molecule has 0 saturated heterocycles. The molecule has 3 aromatic rings. The van der Waals surface area contributed by atoms with Crippen LogP contribution >= 0.6 is 11.6 Å². The van der Waals surface area contributed by atoms with Crippen LogP contribution in [0.1, 0.15) is 16.7 Å². The topological polar surface area (TPSA) is 58.6 Å². The van der Waals surface area contributed by atoms with E-state index in [0.29, 0.717) is 27.7 Å². The first-order valence-corrected chi connectivity index (χ1v) is 10.2. The molecule has 1 aliphatic heterocycles. The molecule has 2 amide bonds. The van der Waals surface area contributed by atoms with Gasteiger partial charge in [0.05, 0.1) is 18.4 Å². The van der Waals surface area contributed by atoms with E-state index in [9.17, 15) is 9.59 Å². The molecule has 5 nitrogen and oxygen atoms in total. The Morgan fingerprint density at radius 1 is 0.871 bits per heavy atom. The van der Waals surface area contributed by atoms with Gasteiger partial charge in [0.2, 0.25) is 0 Å². The Bertz CT molecular complexity index is 1230. The van der Waals surface area contributed by atoms with E-state index in [-0.39, 0.29) is 11.3 Å². The maximum absolute atomic E-state index is 13.6. The molecule has 0 saturated carbocycles. The Hall–Kier alpha value is -3.57. The van der Waals surface area contributed by atoms with Crippen molar-refractivity contribution in [2.24, 2.45) is 0 Å². The van der Waals surface area contributed by atoms with E-state index < -0.39 is 11.8 Å². The highest BCUT2D eigenvalue weighted by Gasteiger charge is 2.41. The summed E-state index contributed by atoms with van der Waals surface area (Å²) < 4.78 is 5.48.